The van der Waals surface area contributed by atoms with Crippen LogP contribution in [0.15, 0.2) is 42.7 Å². The summed E-state index contributed by atoms with van der Waals surface area (Å²) in [5.74, 6) is 2.17. The maximum Gasteiger partial charge on any atom is 0.320 e. The first-order valence-electron chi connectivity index (χ1n) is 11.4. The van der Waals surface area contributed by atoms with Crippen LogP contribution in [0.25, 0.3) is 10.9 Å². The summed E-state index contributed by atoms with van der Waals surface area (Å²) in [7, 11) is 1.62. The molecule has 0 atom stereocenters. The van der Waals surface area contributed by atoms with Crippen LogP contribution >= 0.6 is 11.6 Å². The molecule has 3 aromatic rings. The number of methoxy groups -OCH3 is 1. The second-order valence-corrected chi connectivity index (χ2v) is 8.65. The van der Waals surface area contributed by atoms with Crippen molar-refractivity contribution in [3.05, 3.63) is 47.7 Å². The Kier molecular flexibility index (Phi) is 8.03. The molecule has 4 rings (SSSR count). The molecule has 0 radical (unpaired) electrons. The molecule has 9 heteroatoms. The van der Waals surface area contributed by atoms with Crippen molar-refractivity contribution in [3.63, 3.8) is 0 Å². The summed E-state index contributed by atoms with van der Waals surface area (Å²) in [6.45, 7) is 4.88. The minimum Gasteiger partial charge on any atom is -0.493 e. The molecule has 8 nitrogen and oxygen atoms in total. The maximum absolute atomic E-state index is 11.7. The fourth-order valence-corrected chi connectivity index (χ4v) is 4.24. The Hall–Kier alpha value is -3.10. The Morgan fingerprint density at radius 1 is 1.18 bits per heavy atom. The van der Waals surface area contributed by atoms with Crippen molar-refractivity contribution in [1.82, 2.24) is 14.9 Å². The summed E-state index contributed by atoms with van der Waals surface area (Å²) in [6.07, 6.45) is 3.45. The molecule has 1 aliphatic heterocycles. The minimum absolute atomic E-state index is 0.163. The Morgan fingerprint density at radius 3 is 2.74 bits per heavy atom. The number of aromatic nitrogens is 2. The average molecular weight is 485 g/mol. The number of anilines is 2. The van der Waals surface area contributed by atoms with Gasteiger partial charge >= 0.3 is 5.97 Å². The third-order valence-corrected chi connectivity index (χ3v) is 6.08. The first-order chi connectivity index (χ1) is 16.6. The SMILES string of the molecule is CCOC(=O)CN1CCC(COc2cc3ncnc(Nc4cccc(Cl)c4)c3cc2OC)CC1. The number of fused-ring (bicyclic) bond motifs is 1. The molecule has 0 amide bonds. The van der Waals surface area contributed by atoms with Crippen LogP contribution in [0.1, 0.15) is 19.8 Å². The molecule has 0 saturated carbocycles. The van der Waals surface area contributed by atoms with Gasteiger partial charge in [0.1, 0.15) is 12.1 Å². The number of benzene rings is 2. The molecule has 1 fully saturated rings. The maximum atomic E-state index is 11.7. The number of rotatable bonds is 9. The number of ether oxygens (including phenoxy) is 3. The molecular formula is C25H29ClN4O4. The molecule has 0 unspecified atom stereocenters. The van der Waals surface area contributed by atoms with Crippen molar-refractivity contribution in [3.8, 4) is 11.5 Å². The number of hydrogen-bond acceptors (Lipinski definition) is 8. The summed E-state index contributed by atoms with van der Waals surface area (Å²) < 4.78 is 16.8. The monoisotopic (exact) mass is 484 g/mol. The molecule has 180 valence electrons. The normalized spacial score (nSPS) is 14.7. The molecule has 1 N–H and O–H groups in total. The van der Waals surface area contributed by atoms with Crippen LogP contribution in [-0.4, -0.2) is 60.8 Å². The standard InChI is InChI=1S/C25H29ClN4O4/c1-3-33-24(31)14-30-9-7-17(8-10-30)15-34-23-13-21-20(12-22(23)32-2)25(28-16-27-21)29-19-6-4-5-18(26)11-19/h4-6,11-13,16-17H,3,7-10,14-15H2,1-2H3,(H,27,28,29). The summed E-state index contributed by atoms with van der Waals surface area (Å²) in [5, 5.41) is 4.76. The van der Waals surface area contributed by atoms with Gasteiger partial charge in [0.05, 0.1) is 32.4 Å². The summed E-state index contributed by atoms with van der Waals surface area (Å²) in [4.78, 5) is 22.7. The zero-order valence-electron chi connectivity index (χ0n) is 19.4. The molecule has 0 spiro atoms. The van der Waals surface area contributed by atoms with E-state index in [-0.39, 0.29) is 5.97 Å². The summed E-state index contributed by atoms with van der Waals surface area (Å²) in [5.41, 5.74) is 1.58. The Labute approximate surface area is 204 Å². The molecule has 0 aliphatic carbocycles. The van der Waals surface area contributed by atoms with E-state index in [0.717, 1.165) is 42.5 Å². The number of nitrogens with one attached hydrogen (secondary N) is 1. The largest absolute Gasteiger partial charge is 0.493 e. The second kappa shape index (κ2) is 11.4. The number of piperidine rings is 1. The van der Waals surface area contributed by atoms with Crippen LogP contribution in [0.5, 0.6) is 11.5 Å². The molecule has 34 heavy (non-hydrogen) atoms. The van der Waals surface area contributed by atoms with Crippen LogP contribution in [0, 0.1) is 5.92 Å². The Morgan fingerprint density at radius 2 is 2.00 bits per heavy atom. The van der Waals surface area contributed by atoms with E-state index in [1.165, 1.54) is 6.33 Å². The van der Waals surface area contributed by atoms with Gasteiger partial charge in [-0.05, 0) is 63.0 Å². The molecule has 1 saturated heterocycles. The van der Waals surface area contributed by atoms with Crippen LogP contribution in [0.4, 0.5) is 11.5 Å². The van der Waals surface area contributed by atoms with Crippen LogP contribution in [-0.2, 0) is 9.53 Å². The van der Waals surface area contributed by atoms with E-state index < -0.39 is 0 Å². The van der Waals surface area contributed by atoms with Crippen molar-refractivity contribution in [1.29, 1.82) is 0 Å². The van der Waals surface area contributed by atoms with Gasteiger partial charge in [0.25, 0.3) is 0 Å². The second-order valence-electron chi connectivity index (χ2n) is 8.21. The van der Waals surface area contributed by atoms with E-state index in [2.05, 4.69) is 20.2 Å². The van der Waals surface area contributed by atoms with Gasteiger partial charge in [-0.3, -0.25) is 9.69 Å². The third kappa shape index (κ3) is 6.07. The van der Waals surface area contributed by atoms with Crippen molar-refractivity contribution >= 4 is 40.0 Å². The van der Waals surface area contributed by atoms with Crippen LogP contribution in [0.2, 0.25) is 5.02 Å². The zero-order valence-corrected chi connectivity index (χ0v) is 20.2. The van der Waals surface area contributed by atoms with Gasteiger partial charge in [0.2, 0.25) is 0 Å². The Bertz CT molecular complexity index is 1140. The van der Waals surface area contributed by atoms with E-state index in [0.29, 0.717) is 48.0 Å². The molecule has 1 aliphatic rings. The van der Waals surface area contributed by atoms with Crippen LogP contribution < -0.4 is 14.8 Å². The van der Waals surface area contributed by atoms with E-state index in [4.69, 9.17) is 25.8 Å². The van der Waals surface area contributed by atoms with Gasteiger partial charge in [-0.2, -0.15) is 0 Å². The average Bonchev–Trinajstić information content (AvgIpc) is 2.83. The highest BCUT2D eigenvalue weighted by Crippen LogP contribution is 2.35. The minimum atomic E-state index is -0.163. The van der Waals surface area contributed by atoms with E-state index in [9.17, 15) is 4.79 Å². The van der Waals surface area contributed by atoms with E-state index >= 15 is 0 Å². The lowest BCUT2D eigenvalue weighted by Crippen LogP contribution is -2.39. The molecule has 0 bridgehead atoms. The van der Waals surface area contributed by atoms with Crippen molar-refractivity contribution < 1.29 is 19.0 Å². The number of esters is 1. The summed E-state index contributed by atoms with van der Waals surface area (Å²) in [6, 6.07) is 11.2. The lowest BCUT2D eigenvalue weighted by atomic mass is 9.98. The van der Waals surface area contributed by atoms with E-state index in [1.54, 1.807) is 7.11 Å². The van der Waals surface area contributed by atoms with Gasteiger partial charge in [0.15, 0.2) is 11.5 Å². The van der Waals surface area contributed by atoms with Gasteiger partial charge < -0.3 is 19.5 Å². The number of carbonyl (C=O) groups excluding carboxylic acids is 1. The smallest absolute Gasteiger partial charge is 0.320 e. The fourth-order valence-electron chi connectivity index (χ4n) is 4.05. The molecule has 2 aromatic carbocycles. The zero-order chi connectivity index (χ0) is 23.9. The fraction of sp³-hybridized carbons (Fsp3) is 0.400. The van der Waals surface area contributed by atoms with Crippen molar-refractivity contribution in [2.75, 3.05) is 45.3 Å². The number of halogens is 1. The van der Waals surface area contributed by atoms with Crippen molar-refractivity contribution in [2.45, 2.75) is 19.8 Å². The van der Waals surface area contributed by atoms with Gasteiger partial charge in [-0.1, -0.05) is 17.7 Å². The number of carbonyl (C=O) groups is 1. The Balaban J connectivity index is 1.42. The van der Waals surface area contributed by atoms with Gasteiger partial charge in [-0.25, -0.2) is 9.97 Å². The molecule has 2 heterocycles. The predicted molar refractivity (Wildman–Crippen MR) is 132 cm³/mol. The topological polar surface area (TPSA) is 85.8 Å². The number of nitrogens with zero attached hydrogens (tertiary/aromatic N) is 3. The first kappa shape index (κ1) is 24.0. The highest BCUT2D eigenvalue weighted by molar-refractivity contribution is 6.30. The lowest BCUT2D eigenvalue weighted by Gasteiger charge is -2.31. The highest BCUT2D eigenvalue weighted by atomic mass is 35.5. The summed E-state index contributed by atoms with van der Waals surface area (Å²) >= 11 is 6.11. The van der Waals surface area contributed by atoms with Crippen molar-refractivity contribution in [2.24, 2.45) is 5.92 Å². The lowest BCUT2D eigenvalue weighted by molar-refractivity contribution is -0.144. The van der Waals surface area contributed by atoms with Crippen LogP contribution in [0.3, 0.4) is 0 Å². The molecule has 1 aromatic heterocycles. The first-order valence-corrected chi connectivity index (χ1v) is 11.8. The third-order valence-electron chi connectivity index (χ3n) is 5.85. The number of hydrogen-bond donors (Lipinski definition) is 1. The quantitative estimate of drug-likeness (QED) is 0.438. The number of likely N-dealkylation sites (tertiary alicyclic amines) is 1. The highest BCUT2D eigenvalue weighted by Gasteiger charge is 2.22. The van der Waals surface area contributed by atoms with Gasteiger partial charge in [0, 0.05) is 22.2 Å². The van der Waals surface area contributed by atoms with Gasteiger partial charge in [-0.15, -0.1) is 0 Å². The molecular weight excluding hydrogens is 456 g/mol. The van der Waals surface area contributed by atoms with E-state index in [1.807, 2.05) is 43.3 Å². The predicted octanol–water partition coefficient (Wildman–Crippen LogP) is 4.69.